The van der Waals surface area contributed by atoms with Gasteiger partial charge in [-0.05, 0) is 55.5 Å². The molecule has 38 heavy (non-hydrogen) atoms. The number of carboxylic acids is 1. The number of anilines is 1. The van der Waals surface area contributed by atoms with Crippen molar-refractivity contribution in [3.05, 3.63) is 59.2 Å². The lowest BCUT2D eigenvalue weighted by atomic mass is 9.76. The van der Waals surface area contributed by atoms with Gasteiger partial charge in [-0.15, -0.1) is 12.4 Å². The van der Waals surface area contributed by atoms with Gasteiger partial charge in [-0.3, -0.25) is 4.79 Å². The molecule has 2 aromatic rings. The first kappa shape index (κ1) is 29.7. The highest BCUT2D eigenvalue weighted by Crippen LogP contribution is 2.50. The predicted molar refractivity (Wildman–Crippen MR) is 138 cm³/mol. The Bertz CT molecular complexity index is 1150. The summed E-state index contributed by atoms with van der Waals surface area (Å²) in [4.78, 5) is 22.9. The maximum absolute atomic E-state index is 12.2. The number of carboxylic acid groups (broad SMARTS) is 1. The highest BCUT2D eigenvalue weighted by atomic mass is 35.5. The normalized spacial score (nSPS) is 24.7. The summed E-state index contributed by atoms with van der Waals surface area (Å²) in [5.41, 5.74) is 4.46. The summed E-state index contributed by atoms with van der Waals surface area (Å²) in [5, 5.41) is 10.8. The van der Waals surface area contributed by atoms with Gasteiger partial charge in [-0.2, -0.15) is 13.2 Å². The number of ether oxygens (including phenoxy) is 2. The van der Waals surface area contributed by atoms with Crippen LogP contribution in [0.15, 0.2) is 42.5 Å². The van der Waals surface area contributed by atoms with Crippen molar-refractivity contribution in [2.45, 2.75) is 55.8 Å². The molecule has 0 saturated carbocycles. The molecule has 0 radical (unpaired) electrons. The van der Waals surface area contributed by atoms with Crippen molar-refractivity contribution < 1.29 is 37.3 Å². The number of hydrogen-bond donors (Lipinski definition) is 2. The Hall–Kier alpha value is -2.82. The number of alkyl halides is 3. The van der Waals surface area contributed by atoms with Crippen molar-refractivity contribution in [2.75, 3.05) is 32.2 Å². The van der Waals surface area contributed by atoms with E-state index in [2.05, 4.69) is 47.8 Å². The molecule has 3 aliphatic heterocycles. The van der Waals surface area contributed by atoms with Crippen molar-refractivity contribution >= 4 is 30.0 Å². The molecule has 2 fully saturated rings. The van der Waals surface area contributed by atoms with Crippen molar-refractivity contribution in [3.63, 3.8) is 0 Å². The Morgan fingerprint density at radius 2 is 1.89 bits per heavy atom. The zero-order chi connectivity index (χ0) is 26.8. The zero-order valence-corrected chi connectivity index (χ0v) is 22.0. The van der Waals surface area contributed by atoms with Crippen LogP contribution in [-0.4, -0.2) is 56.1 Å². The Morgan fingerprint density at radius 1 is 1.21 bits per heavy atom. The average Bonchev–Trinajstić information content (AvgIpc) is 3.30. The minimum absolute atomic E-state index is 0. The highest BCUT2D eigenvalue weighted by molar-refractivity contribution is 5.96. The number of amides is 1. The van der Waals surface area contributed by atoms with Gasteiger partial charge < -0.3 is 24.8 Å². The Labute approximate surface area is 225 Å². The molecule has 1 amide bonds. The van der Waals surface area contributed by atoms with Gasteiger partial charge in [0.05, 0.1) is 25.4 Å². The van der Waals surface area contributed by atoms with Crippen LogP contribution in [0.4, 0.5) is 18.9 Å². The summed E-state index contributed by atoms with van der Waals surface area (Å²) in [6.07, 6.45) is -0.616. The number of nitrogens with one attached hydrogen (secondary N) is 1. The molecule has 0 aliphatic carbocycles. The molecule has 208 valence electrons. The number of piperidine rings is 1. The minimum Gasteiger partial charge on any atom is -0.496 e. The summed E-state index contributed by atoms with van der Waals surface area (Å²) < 4.78 is 44.1. The Kier molecular flexibility index (Phi) is 9.33. The van der Waals surface area contributed by atoms with Crippen molar-refractivity contribution in [3.8, 4) is 5.75 Å². The first-order valence-corrected chi connectivity index (χ1v) is 12.3. The number of aliphatic carboxylic acids is 1. The third-order valence-electron chi connectivity index (χ3n) is 7.41. The number of carbonyl (C=O) groups excluding carboxylic acids is 1. The number of hydrogen-bond acceptors (Lipinski definition) is 5. The monoisotopic (exact) mass is 556 g/mol. The van der Waals surface area contributed by atoms with E-state index in [4.69, 9.17) is 19.4 Å². The van der Waals surface area contributed by atoms with E-state index in [9.17, 15) is 18.0 Å². The Morgan fingerprint density at radius 3 is 2.53 bits per heavy atom. The van der Waals surface area contributed by atoms with Crippen molar-refractivity contribution in [1.82, 2.24) is 5.32 Å². The van der Waals surface area contributed by atoms with Gasteiger partial charge in [0.2, 0.25) is 5.91 Å². The lowest BCUT2D eigenvalue weighted by Crippen LogP contribution is -2.48. The van der Waals surface area contributed by atoms with E-state index in [0.717, 1.165) is 49.2 Å². The second-order valence-corrected chi connectivity index (χ2v) is 9.66. The van der Waals surface area contributed by atoms with Gasteiger partial charge in [0.15, 0.2) is 0 Å². The van der Waals surface area contributed by atoms with Crippen LogP contribution < -0.4 is 15.0 Å². The number of nitrogens with zero attached hydrogens (tertiary/aromatic N) is 1. The predicted octanol–water partition coefficient (Wildman–Crippen LogP) is 5.03. The van der Waals surface area contributed by atoms with E-state index in [1.54, 1.807) is 12.0 Å². The molecule has 7 nitrogen and oxygen atoms in total. The highest BCUT2D eigenvalue weighted by Gasteiger charge is 2.49. The Balaban J connectivity index is 0.000000444. The smallest absolute Gasteiger partial charge is 0.490 e. The molecule has 3 atom stereocenters. The number of aryl methyl sites for hydroxylation is 1. The van der Waals surface area contributed by atoms with Crippen molar-refractivity contribution in [2.24, 2.45) is 0 Å². The van der Waals surface area contributed by atoms with Gasteiger partial charge >= 0.3 is 12.1 Å². The van der Waals surface area contributed by atoms with Gasteiger partial charge in [0.25, 0.3) is 0 Å². The second-order valence-electron chi connectivity index (χ2n) is 9.66. The summed E-state index contributed by atoms with van der Waals surface area (Å²) in [7, 11) is 3.61. The largest absolute Gasteiger partial charge is 0.496 e. The molecule has 0 bridgehead atoms. The van der Waals surface area contributed by atoms with Crippen LogP contribution in [0.3, 0.4) is 0 Å². The molecule has 1 spiro atoms. The van der Waals surface area contributed by atoms with Crippen LogP contribution >= 0.6 is 12.4 Å². The quantitative estimate of drug-likeness (QED) is 0.551. The molecule has 5 rings (SSSR count). The van der Waals surface area contributed by atoms with E-state index in [1.807, 2.05) is 7.05 Å². The van der Waals surface area contributed by atoms with Gasteiger partial charge in [-0.25, -0.2) is 4.79 Å². The van der Waals surface area contributed by atoms with Crippen molar-refractivity contribution in [1.29, 1.82) is 0 Å². The number of rotatable bonds is 3. The minimum atomic E-state index is -5.08. The molecule has 11 heteroatoms. The number of fused-ring (bicyclic) bond motifs is 1. The third kappa shape index (κ3) is 6.08. The fraction of sp³-hybridized carbons (Fsp3) is 0.481. The van der Waals surface area contributed by atoms with E-state index in [0.29, 0.717) is 13.0 Å². The lowest BCUT2D eigenvalue weighted by molar-refractivity contribution is -0.192. The van der Waals surface area contributed by atoms with Crippen LogP contribution in [0, 0.1) is 0 Å². The second kappa shape index (κ2) is 11.9. The van der Waals surface area contributed by atoms with Crippen LogP contribution in [0.2, 0.25) is 0 Å². The third-order valence-corrected chi connectivity index (χ3v) is 7.41. The first-order chi connectivity index (χ1) is 17.6. The van der Waals surface area contributed by atoms with Crippen LogP contribution in [0.25, 0.3) is 0 Å². The molecule has 2 saturated heterocycles. The van der Waals surface area contributed by atoms with E-state index in [-0.39, 0.29) is 35.9 Å². The number of carbonyl (C=O) groups is 2. The number of methoxy groups -OCH3 is 1. The first-order valence-electron chi connectivity index (χ1n) is 12.3. The summed E-state index contributed by atoms with van der Waals surface area (Å²) >= 11 is 0. The summed E-state index contributed by atoms with van der Waals surface area (Å²) in [6, 6.07) is 15.2. The number of halogens is 4. The van der Waals surface area contributed by atoms with Gasteiger partial charge in [-0.1, -0.05) is 30.3 Å². The standard InChI is InChI=1S/C25H30N2O3.C2HF3O2.ClH/c1-27-21-14-20(22(29-2)13-18(21)9-10-23(27)28)19-15-25(30-16-19)11-6-12-26-24(25)17-7-4-3-5-8-17;3-2(4,5)1(6)7;/h3-5,7-8,13-14,19,24,26H,6,9-12,15-16H2,1-2H3;(H,6,7);1H. The molecule has 3 unspecified atom stereocenters. The topological polar surface area (TPSA) is 88.1 Å². The van der Waals surface area contributed by atoms with Crippen LogP contribution in [-0.2, 0) is 20.7 Å². The summed E-state index contributed by atoms with van der Waals surface area (Å²) in [6.45, 7) is 1.70. The van der Waals surface area contributed by atoms with E-state index in [1.165, 1.54) is 11.1 Å². The molecule has 2 aromatic carbocycles. The molecular formula is C27H32ClF3N2O5. The van der Waals surface area contributed by atoms with Gasteiger partial charge in [0.1, 0.15) is 5.75 Å². The fourth-order valence-electron chi connectivity index (χ4n) is 5.59. The molecule has 0 aromatic heterocycles. The number of benzene rings is 2. The fourth-order valence-corrected chi connectivity index (χ4v) is 5.59. The van der Waals surface area contributed by atoms with Crippen LogP contribution in [0.1, 0.15) is 54.3 Å². The average molecular weight is 557 g/mol. The molecule has 2 N–H and O–H groups in total. The zero-order valence-electron chi connectivity index (χ0n) is 21.2. The van der Waals surface area contributed by atoms with Crippen LogP contribution in [0.5, 0.6) is 5.75 Å². The summed E-state index contributed by atoms with van der Waals surface area (Å²) in [5.74, 6) is -1.41. The maximum Gasteiger partial charge on any atom is 0.490 e. The van der Waals surface area contributed by atoms with Gasteiger partial charge in [0, 0.05) is 30.6 Å². The maximum atomic E-state index is 12.2. The lowest BCUT2D eigenvalue weighted by Gasteiger charge is -2.41. The van der Waals surface area contributed by atoms with E-state index >= 15 is 0 Å². The molecule has 3 aliphatic rings. The molecule has 3 heterocycles. The SMILES string of the molecule is COc1cc2c(cc1C1COC3(CCCNC3c3ccccc3)C1)N(C)C(=O)CC2.Cl.O=C(O)C(F)(F)F. The van der Waals surface area contributed by atoms with E-state index < -0.39 is 12.1 Å². The molecular weight excluding hydrogens is 525 g/mol.